The van der Waals surface area contributed by atoms with Gasteiger partial charge in [0.15, 0.2) is 0 Å². The summed E-state index contributed by atoms with van der Waals surface area (Å²) in [4.78, 5) is 4.04. The van der Waals surface area contributed by atoms with Crippen LogP contribution in [-0.4, -0.2) is 12.1 Å². The highest BCUT2D eigenvalue weighted by Crippen LogP contribution is 2.29. The molecular weight excluding hydrogens is 397 g/mol. The van der Waals surface area contributed by atoms with Crippen LogP contribution < -0.4 is 9.47 Å². The van der Waals surface area contributed by atoms with Crippen molar-refractivity contribution in [2.75, 3.05) is 7.11 Å². The lowest BCUT2D eigenvalue weighted by molar-refractivity contribution is 0.409. The van der Waals surface area contributed by atoms with Crippen LogP contribution in [0.1, 0.15) is 0 Å². The minimum Gasteiger partial charge on any atom is -0.496 e. The predicted molar refractivity (Wildman–Crippen MR) is 77.7 cm³/mol. The summed E-state index contributed by atoms with van der Waals surface area (Å²) in [6.07, 6.45) is 3.38. The number of hydrogen-bond donors (Lipinski definition) is 0. The van der Waals surface area contributed by atoms with E-state index in [1.165, 1.54) is 0 Å². The second kappa shape index (κ2) is 5.68. The summed E-state index contributed by atoms with van der Waals surface area (Å²) < 4.78 is 12.8. The molecule has 17 heavy (non-hydrogen) atoms. The number of rotatable bonds is 3. The van der Waals surface area contributed by atoms with Gasteiger partial charge in [0.25, 0.3) is 0 Å². The van der Waals surface area contributed by atoms with Gasteiger partial charge in [-0.25, -0.2) is 0 Å². The molecule has 0 amide bonds. The first-order valence-corrected chi connectivity index (χ1v) is 6.68. The van der Waals surface area contributed by atoms with Gasteiger partial charge >= 0.3 is 0 Å². The van der Waals surface area contributed by atoms with E-state index in [0.717, 1.165) is 19.5 Å². The Hall–Kier alpha value is -0.820. The van der Waals surface area contributed by atoms with E-state index in [1.807, 2.05) is 24.3 Å². The third kappa shape index (κ3) is 3.32. The van der Waals surface area contributed by atoms with Crippen molar-refractivity contribution in [3.05, 3.63) is 44.7 Å². The van der Waals surface area contributed by atoms with Gasteiger partial charge in [-0.15, -0.1) is 0 Å². The normalized spacial score (nSPS) is 10.1. The van der Waals surface area contributed by atoms with Crippen LogP contribution in [0.3, 0.4) is 0 Å². The molecule has 0 atom stereocenters. The van der Waals surface area contributed by atoms with Gasteiger partial charge < -0.3 is 9.47 Å². The van der Waals surface area contributed by atoms with Crippen molar-refractivity contribution in [2.45, 2.75) is 0 Å². The van der Waals surface area contributed by atoms with Crippen LogP contribution in [0.15, 0.2) is 41.1 Å². The minimum atomic E-state index is 0.695. The average Bonchev–Trinajstić information content (AvgIpc) is 2.29. The van der Waals surface area contributed by atoms with E-state index >= 15 is 0 Å². The third-order valence-electron chi connectivity index (χ3n) is 2.04. The summed E-state index contributed by atoms with van der Waals surface area (Å²) in [7, 11) is 1.65. The maximum atomic E-state index is 5.69. The highest BCUT2D eigenvalue weighted by atomic mass is 127. The van der Waals surface area contributed by atoms with E-state index in [1.54, 1.807) is 19.5 Å². The summed E-state index contributed by atoms with van der Waals surface area (Å²) in [6, 6.07) is 7.52. The van der Waals surface area contributed by atoms with E-state index < -0.39 is 0 Å². The highest BCUT2D eigenvalue weighted by molar-refractivity contribution is 14.1. The van der Waals surface area contributed by atoms with Gasteiger partial charge in [0.1, 0.15) is 17.2 Å². The molecule has 0 aliphatic carbocycles. The Morgan fingerprint density at radius 2 is 2.00 bits per heavy atom. The number of hydrogen-bond acceptors (Lipinski definition) is 3. The molecule has 0 aliphatic heterocycles. The van der Waals surface area contributed by atoms with Crippen molar-refractivity contribution in [1.82, 2.24) is 4.98 Å². The lowest BCUT2D eigenvalue weighted by Crippen LogP contribution is -1.89. The topological polar surface area (TPSA) is 31.4 Å². The molecule has 1 aromatic heterocycles. The maximum Gasteiger partial charge on any atom is 0.146 e. The van der Waals surface area contributed by atoms with Crippen molar-refractivity contribution in [1.29, 1.82) is 0 Å². The molecule has 1 heterocycles. The van der Waals surface area contributed by atoms with E-state index in [4.69, 9.17) is 9.47 Å². The molecule has 2 rings (SSSR count). The van der Waals surface area contributed by atoms with Gasteiger partial charge in [-0.3, -0.25) is 4.98 Å². The number of benzene rings is 1. The molecule has 0 fully saturated rings. The molecule has 2 aromatic rings. The molecule has 0 radical (unpaired) electrons. The summed E-state index contributed by atoms with van der Waals surface area (Å²) in [5.74, 6) is 2.29. The second-order valence-electron chi connectivity index (χ2n) is 3.24. The Kier molecular flexibility index (Phi) is 4.22. The second-order valence-corrected chi connectivity index (χ2v) is 5.32. The van der Waals surface area contributed by atoms with Crippen LogP contribution >= 0.6 is 38.5 Å². The number of nitrogens with zero attached hydrogens (tertiary/aromatic N) is 1. The number of pyridine rings is 1. The Morgan fingerprint density at radius 3 is 2.65 bits per heavy atom. The van der Waals surface area contributed by atoms with E-state index in [0.29, 0.717) is 5.75 Å². The largest absolute Gasteiger partial charge is 0.496 e. The van der Waals surface area contributed by atoms with Gasteiger partial charge in [-0.2, -0.15) is 0 Å². The van der Waals surface area contributed by atoms with Crippen LogP contribution in [0.4, 0.5) is 0 Å². The molecule has 0 saturated carbocycles. The lowest BCUT2D eigenvalue weighted by Gasteiger charge is -2.08. The first kappa shape index (κ1) is 12.6. The maximum absolute atomic E-state index is 5.69. The van der Waals surface area contributed by atoms with Crippen molar-refractivity contribution in [2.24, 2.45) is 0 Å². The average molecular weight is 406 g/mol. The number of halogens is 2. The van der Waals surface area contributed by atoms with E-state index in [9.17, 15) is 0 Å². The monoisotopic (exact) mass is 405 g/mol. The molecule has 0 bridgehead atoms. The standard InChI is InChI=1S/C12H9BrINO2/c1-16-12-3-2-9(5-11(12)14)17-10-4-8(13)6-15-7-10/h2-7H,1H3. The highest BCUT2D eigenvalue weighted by Gasteiger charge is 2.03. The van der Waals surface area contributed by atoms with Crippen molar-refractivity contribution < 1.29 is 9.47 Å². The van der Waals surface area contributed by atoms with Crippen molar-refractivity contribution in [3.8, 4) is 17.2 Å². The smallest absolute Gasteiger partial charge is 0.146 e. The predicted octanol–water partition coefficient (Wildman–Crippen LogP) is 4.25. The van der Waals surface area contributed by atoms with Gasteiger partial charge in [0.2, 0.25) is 0 Å². The van der Waals surface area contributed by atoms with Crippen LogP contribution in [0.5, 0.6) is 17.2 Å². The van der Waals surface area contributed by atoms with Gasteiger partial charge in [0.05, 0.1) is 16.9 Å². The van der Waals surface area contributed by atoms with Crippen molar-refractivity contribution >= 4 is 38.5 Å². The zero-order valence-corrected chi connectivity index (χ0v) is 12.7. The summed E-state index contributed by atoms with van der Waals surface area (Å²) in [5, 5.41) is 0. The molecular formula is C12H9BrINO2. The van der Waals surface area contributed by atoms with E-state index in [2.05, 4.69) is 43.5 Å². The fourth-order valence-electron chi connectivity index (χ4n) is 1.29. The Morgan fingerprint density at radius 1 is 1.18 bits per heavy atom. The molecule has 0 spiro atoms. The molecule has 0 aliphatic rings. The van der Waals surface area contributed by atoms with Crippen LogP contribution in [-0.2, 0) is 0 Å². The van der Waals surface area contributed by atoms with Crippen molar-refractivity contribution in [3.63, 3.8) is 0 Å². The fourth-order valence-corrected chi connectivity index (χ4v) is 2.35. The summed E-state index contributed by atoms with van der Waals surface area (Å²) >= 11 is 5.55. The fraction of sp³-hybridized carbons (Fsp3) is 0.0833. The van der Waals surface area contributed by atoms with Gasteiger partial charge in [-0.05, 0) is 62.8 Å². The first-order chi connectivity index (χ1) is 8.19. The van der Waals surface area contributed by atoms with E-state index in [-0.39, 0.29) is 0 Å². The third-order valence-corrected chi connectivity index (χ3v) is 3.32. The Balaban J connectivity index is 2.22. The molecule has 88 valence electrons. The molecule has 0 saturated heterocycles. The number of aromatic nitrogens is 1. The lowest BCUT2D eigenvalue weighted by atomic mass is 10.3. The first-order valence-electron chi connectivity index (χ1n) is 4.81. The zero-order valence-electron chi connectivity index (χ0n) is 8.98. The quantitative estimate of drug-likeness (QED) is 0.715. The summed E-state index contributed by atoms with van der Waals surface area (Å²) in [6.45, 7) is 0. The molecule has 5 heteroatoms. The molecule has 0 N–H and O–H groups in total. The van der Waals surface area contributed by atoms with Crippen LogP contribution in [0.25, 0.3) is 0 Å². The van der Waals surface area contributed by atoms with Gasteiger partial charge in [0, 0.05) is 10.7 Å². The molecule has 0 unspecified atom stereocenters. The summed E-state index contributed by atoms with van der Waals surface area (Å²) in [5.41, 5.74) is 0. The molecule has 1 aromatic carbocycles. The zero-order chi connectivity index (χ0) is 12.3. The Labute approximate surface area is 121 Å². The minimum absolute atomic E-state index is 0.695. The number of methoxy groups -OCH3 is 1. The SMILES string of the molecule is COc1ccc(Oc2cncc(Br)c2)cc1I. The van der Waals surface area contributed by atoms with Gasteiger partial charge in [-0.1, -0.05) is 0 Å². The Bertz CT molecular complexity index is 534. The van der Waals surface area contributed by atoms with Crippen LogP contribution in [0.2, 0.25) is 0 Å². The number of ether oxygens (including phenoxy) is 2. The van der Waals surface area contributed by atoms with Crippen LogP contribution in [0, 0.1) is 3.57 Å². The molecule has 3 nitrogen and oxygen atoms in total.